The van der Waals surface area contributed by atoms with E-state index in [1.165, 1.54) is 7.11 Å². The number of carbonyl (C=O) groups is 2. The van der Waals surface area contributed by atoms with E-state index in [1.807, 2.05) is 36.4 Å². The highest BCUT2D eigenvalue weighted by molar-refractivity contribution is 5.74. The lowest BCUT2D eigenvalue weighted by Gasteiger charge is -2.22. The van der Waals surface area contributed by atoms with Crippen LogP contribution < -0.4 is 5.32 Å². The topological polar surface area (TPSA) is 64.6 Å². The molecule has 0 aliphatic rings. The van der Waals surface area contributed by atoms with Gasteiger partial charge in [-0.2, -0.15) is 0 Å². The zero-order valence-electron chi connectivity index (χ0n) is 13.5. The molecule has 5 nitrogen and oxygen atoms in total. The number of amides is 1. The molecule has 120 valence electrons. The predicted octanol–water partition coefficient (Wildman–Crippen LogP) is 3.16. The first kappa shape index (κ1) is 17.8. The minimum absolute atomic E-state index is 0.0408. The van der Waals surface area contributed by atoms with Gasteiger partial charge in [-0.25, -0.2) is 4.79 Å². The van der Waals surface area contributed by atoms with Gasteiger partial charge in [-0.05, 0) is 26.3 Å². The lowest BCUT2D eigenvalue weighted by Crippen LogP contribution is -2.39. The van der Waals surface area contributed by atoms with Crippen LogP contribution in [-0.4, -0.2) is 30.8 Å². The number of esters is 1. The smallest absolute Gasteiger partial charge is 0.408 e. The van der Waals surface area contributed by atoms with E-state index in [1.54, 1.807) is 26.8 Å². The minimum Gasteiger partial charge on any atom is -0.469 e. The summed E-state index contributed by atoms with van der Waals surface area (Å²) >= 11 is 0. The molecule has 0 saturated heterocycles. The van der Waals surface area contributed by atoms with Crippen LogP contribution in [0.5, 0.6) is 0 Å². The van der Waals surface area contributed by atoms with Crippen molar-refractivity contribution in [2.45, 2.75) is 38.8 Å². The highest BCUT2D eigenvalue weighted by Crippen LogP contribution is 2.09. The van der Waals surface area contributed by atoms with Crippen LogP contribution in [0.15, 0.2) is 36.4 Å². The number of benzene rings is 1. The molecule has 5 heteroatoms. The standard InChI is InChI=1S/C17H23NO4/c1-17(2,3)22-16(20)18-14(12-15(19)21-4)11-10-13-8-6-5-7-9-13/h5-11,14H,12H2,1-4H3,(H,18,20)/b11-10+/t14-/m0/s1. The normalized spacial score (nSPS) is 12.7. The molecule has 0 unspecified atom stereocenters. The van der Waals surface area contributed by atoms with Crippen molar-refractivity contribution in [3.63, 3.8) is 0 Å². The van der Waals surface area contributed by atoms with Crippen molar-refractivity contribution < 1.29 is 19.1 Å². The predicted molar refractivity (Wildman–Crippen MR) is 85.3 cm³/mol. The SMILES string of the molecule is COC(=O)C[C@H](/C=C/c1ccccc1)NC(=O)OC(C)(C)C. The van der Waals surface area contributed by atoms with Gasteiger partial charge in [-0.15, -0.1) is 0 Å². The second-order valence-electron chi connectivity index (χ2n) is 5.80. The van der Waals surface area contributed by atoms with Gasteiger partial charge in [0.25, 0.3) is 0 Å². The summed E-state index contributed by atoms with van der Waals surface area (Å²) in [6.45, 7) is 5.34. The number of hydrogen-bond donors (Lipinski definition) is 1. The van der Waals surface area contributed by atoms with Gasteiger partial charge in [-0.1, -0.05) is 42.5 Å². The molecule has 0 aromatic heterocycles. The van der Waals surface area contributed by atoms with E-state index in [-0.39, 0.29) is 6.42 Å². The summed E-state index contributed by atoms with van der Waals surface area (Å²) in [6.07, 6.45) is 3.05. The van der Waals surface area contributed by atoms with Crippen molar-refractivity contribution in [2.75, 3.05) is 7.11 Å². The molecule has 1 aromatic carbocycles. The van der Waals surface area contributed by atoms with Crippen LogP contribution in [0.1, 0.15) is 32.8 Å². The molecule has 0 bridgehead atoms. The summed E-state index contributed by atoms with van der Waals surface area (Å²) in [6, 6.07) is 9.11. The van der Waals surface area contributed by atoms with Crippen molar-refractivity contribution in [2.24, 2.45) is 0 Å². The van der Waals surface area contributed by atoms with Crippen LogP contribution in [0.25, 0.3) is 6.08 Å². The molecular weight excluding hydrogens is 282 g/mol. The lowest BCUT2D eigenvalue weighted by molar-refractivity contribution is -0.140. The second kappa shape index (κ2) is 8.22. The molecule has 0 radical (unpaired) electrons. The Morgan fingerprint density at radius 1 is 1.23 bits per heavy atom. The number of hydrogen-bond acceptors (Lipinski definition) is 4. The van der Waals surface area contributed by atoms with E-state index in [4.69, 9.17) is 4.74 Å². The maximum absolute atomic E-state index is 11.8. The third kappa shape index (κ3) is 7.47. The molecule has 0 aliphatic carbocycles. The average molecular weight is 305 g/mol. The van der Waals surface area contributed by atoms with Crippen LogP contribution in [0, 0.1) is 0 Å². The van der Waals surface area contributed by atoms with Crippen molar-refractivity contribution >= 4 is 18.1 Å². The Morgan fingerprint density at radius 3 is 2.41 bits per heavy atom. The second-order valence-corrected chi connectivity index (χ2v) is 5.80. The summed E-state index contributed by atoms with van der Waals surface area (Å²) < 4.78 is 9.85. The van der Waals surface area contributed by atoms with E-state index in [0.717, 1.165) is 5.56 Å². The molecule has 0 spiro atoms. The number of methoxy groups -OCH3 is 1. The first-order valence-electron chi connectivity index (χ1n) is 7.10. The van der Waals surface area contributed by atoms with Gasteiger partial charge in [-0.3, -0.25) is 4.79 Å². The van der Waals surface area contributed by atoms with Gasteiger partial charge in [0, 0.05) is 0 Å². The van der Waals surface area contributed by atoms with Gasteiger partial charge in [0.2, 0.25) is 0 Å². The largest absolute Gasteiger partial charge is 0.469 e. The number of nitrogens with one attached hydrogen (secondary N) is 1. The van der Waals surface area contributed by atoms with Crippen LogP contribution in [0.2, 0.25) is 0 Å². The Hall–Kier alpha value is -2.30. The molecule has 1 amide bonds. The van der Waals surface area contributed by atoms with Gasteiger partial charge in [0.05, 0.1) is 19.6 Å². The summed E-state index contributed by atoms with van der Waals surface area (Å²) in [7, 11) is 1.31. The zero-order valence-corrected chi connectivity index (χ0v) is 13.5. The van der Waals surface area contributed by atoms with Crippen molar-refractivity contribution in [3.05, 3.63) is 42.0 Å². The van der Waals surface area contributed by atoms with Crippen molar-refractivity contribution in [1.29, 1.82) is 0 Å². The third-order valence-electron chi connectivity index (χ3n) is 2.64. The summed E-state index contributed by atoms with van der Waals surface area (Å²) in [5, 5.41) is 2.66. The van der Waals surface area contributed by atoms with Gasteiger partial charge in [0.15, 0.2) is 0 Å². The molecule has 0 fully saturated rings. The minimum atomic E-state index is -0.594. The molecule has 1 aromatic rings. The molecule has 0 saturated carbocycles. The summed E-state index contributed by atoms with van der Waals surface area (Å²) in [5.41, 5.74) is 0.381. The Labute approximate surface area is 131 Å². The fourth-order valence-corrected chi connectivity index (χ4v) is 1.68. The van der Waals surface area contributed by atoms with E-state index < -0.39 is 23.7 Å². The first-order valence-corrected chi connectivity index (χ1v) is 7.10. The zero-order chi connectivity index (χ0) is 16.6. The fraction of sp³-hybridized carbons (Fsp3) is 0.412. The summed E-state index contributed by atoms with van der Waals surface area (Å²) in [4.78, 5) is 23.3. The molecule has 1 N–H and O–H groups in total. The van der Waals surface area contributed by atoms with E-state index in [2.05, 4.69) is 10.1 Å². The monoisotopic (exact) mass is 305 g/mol. The molecule has 1 atom stereocenters. The fourth-order valence-electron chi connectivity index (χ4n) is 1.68. The van der Waals surface area contributed by atoms with Crippen LogP contribution in [-0.2, 0) is 14.3 Å². The molecule has 0 heterocycles. The lowest BCUT2D eigenvalue weighted by atomic mass is 10.1. The Bertz CT molecular complexity index is 517. The van der Waals surface area contributed by atoms with Crippen LogP contribution in [0.3, 0.4) is 0 Å². The Morgan fingerprint density at radius 2 is 1.86 bits per heavy atom. The van der Waals surface area contributed by atoms with Gasteiger partial charge in [0.1, 0.15) is 5.60 Å². The van der Waals surface area contributed by atoms with E-state index in [9.17, 15) is 9.59 Å². The van der Waals surface area contributed by atoms with Crippen LogP contribution in [0.4, 0.5) is 4.79 Å². The molecule has 0 aliphatic heterocycles. The molecule has 1 rings (SSSR count). The number of rotatable bonds is 5. The first-order chi connectivity index (χ1) is 10.3. The number of ether oxygens (including phenoxy) is 2. The number of alkyl carbamates (subject to hydrolysis) is 1. The third-order valence-corrected chi connectivity index (χ3v) is 2.64. The molecule has 22 heavy (non-hydrogen) atoms. The van der Waals surface area contributed by atoms with Crippen LogP contribution >= 0.6 is 0 Å². The Kier molecular flexibility index (Phi) is 6.63. The van der Waals surface area contributed by atoms with Crippen molar-refractivity contribution in [1.82, 2.24) is 5.32 Å². The van der Waals surface area contributed by atoms with Gasteiger partial charge >= 0.3 is 12.1 Å². The Balaban J connectivity index is 2.73. The van der Waals surface area contributed by atoms with E-state index in [0.29, 0.717) is 0 Å². The highest BCUT2D eigenvalue weighted by atomic mass is 16.6. The number of carbonyl (C=O) groups excluding carboxylic acids is 2. The van der Waals surface area contributed by atoms with E-state index >= 15 is 0 Å². The quantitative estimate of drug-likeness (QED) is 0.849. The maximum atomic E-state index is 11.8. The highest BCUT2D eigenvalue weighted by Gasteiger charge is 2.20. The van der Waals surface area contributed by atoms with Gasteiger partial charge < -0.3 is 14.8 Å². The van der Waals surface area contributed by atoms with Crippen molar-refractivity contribution in [3.8, 4) is 0 Å². The maximum Gasteiger partial charge on any atom is 0.408 e. The molecular formula is C17H23NO4. The summed E-state index contributed by atoms with van der Waals surface area (Å²) in [5.74, 6) is -0.404. The average Bonchev–Trinajstić information content (AvgIpc) is 2.43.